The smallest absolute Gasteiger partial charge is 0.00935 e. The molecule has 0 N–H and O–H groups in total. The van der Waals surface area contributed by atoms with Crippen molar-refractivity contribution in [3.05, 3.63) is 21.3 Å². The van der Waals surface area contributed by atoms with E-state index in [1.807, 2.05) is 6.92 Å². The minimum atomic E-state index is 1.16. The first kappa shape index (κ1) is 8.21. The molecule has 0 spiro atoms. The van der Waals surface area contributed by atoms with E-state index < -0.39 is 0 Å². The summed E-state index contributed by atoms with van der Waals surface area (Å²) in [5.74, 6) is 0. The normalized spacial score (nSPS) is 13.0. The van der Waals surface area contributed by atoms with Crippen LogP contribution in [0, 0.1) is 0 Å². The van der Waals surface area contributed by atoms with E-state index in [1.165, 1.54) is 9.15 Å². The summed E-state index contributed by atoms with van der Waals surface area (Å²) < 4.78 is 1.33. The quantitative estimate of drug-likeness (QED) is 0.471. The Balaban J connectivity index is 4.23. The Labute approximate surface area is 64.8 Å². The van der Waals surface area contributed by atoms with E-state index in [2.05, 4.69) is 43.0 Å². The van der Waals surface area contributed by atoms with Crippen LogP contribution in [0.2, 0.25) is 0 Å². The third-order valence-electron chi connectivity index (χ3n) is 1.16. The van der Waals surface area contributed by atoms with Crippen LogP contribution < -0.4 is 0 Å². The van der Waals surface area contributed by atoms with Gasteiger partial charge >= 0.3 is 0 Å². The number of hydrogen-bond acceptors (Lipinski definition) is 0. The summed E-state index contributed by atoms with van der Waals surface area (Å²) in [7, 11) is 0. The minimum absolute atomic E-state index is 1.16. The van der Waals surface area contributed by atoms with Gasteiger partial charge in [0.2, 0.25) is 0 Å². The topological polar surface area (TPSA) is 0 Å². The van der Waals surface area contributed by atoms with Crippen LogP contribution in [-0.2, 0) is 0 Å². The van der Waals surface area contributed by atoms with Crippen LogP contribution in [0.15, 0.2) is 21.3 Å². The lowest BCUT2D eigenvalue weighted by atomic mass is 10.1. The van der Waals surface area contributed by atoms with Gasteiger partial charge in [-0.1, -0.05) is 12.2 Å². The second kappa shape index (κ2) is 3.28. The van der Waals surface area contributed by atoms with Crippen LogP contribution >= 0.6 is 22.6 Å². The lowest BCUT2D eigenvalue weighted by molar-refractivity contribution is 1.34. The maximum atomic E-state index is 3.81. The summed E-state index contributed by atoms with van der Waals surface area (Å²) in [6, 6.07) is 0. The molecule has 0 aliphatic carbocycles. The van der Waals surface area contributed by atoms with Gasteiger partial charge in [0.15, 0.2) is 0 Å². The van der Waals surface area contributed by atoms with Gasteiger partial charge in [-0.2, -0.15) is 0 Å². The monoisotopic (exact) mass is 222 g/mol. The number of allylic oxidation sites excluding steroid dienone is 3. The average molecular weight is 222 g/mol. The van der Waals surface area contributed by atoms with E-state index in [1.54, 1.807) is 0 Å². The summed E-state index contributed by atoms with van der Waals surface area (Å²) in [6.07, 6.45) is 0. The third-order valence-corrected chi connectivity index (χ3v) is 1.97. The lowest BCUT2D eigenvalue weighted by Crippen LogP contribution is -1.76. The molecule has 0 unspecified atom stereocenters. The van der Waals surface area contributed by atoms with Gasteiger partial charge in [-0.25, -0.2) is 0 Å². The van der Waals surface area contributed by atoms with Gasteiger partial charge in [-0.15, -0.1) is 0 Å². The summed E-state index contributed by atoms with van der Waals surface area (Å²) >= 11 is 2.30. The molecule has 8 heavy (non-hydrogen) atoms. The maximum absolute atomic E-state index is 3.81. The van der Waals surface area contributed by atoms with Crippen LogP contribution in [0.3, 0.4) is 0 Å². The average Bonchev–Trinajstić information content (AvgIpc) is 1.64. The zero-order valence-corrected chi connectivity index (χ0v) is 7.74. The molecule has 0 saturated carbocycles. The van der Waals surface area contributed by atoms with E-state index in [0.717, 1.165) is 5.57 Å². The van der Waals surface area contributed by atoms with Gasteiger partial charge in [0.1, 0.15) is 0 Å². The van der Waals surface area contributed by atoms with Crippen molar-refractivity contribution in [2.75, 3.05) is 0 Å². The molecule has 0 nitrogen and oxygen atoms in total. The van der Waals surface area contributed by atoms with Crippen LogP contribution in [0.4, 0.5) is 0 Å². The van der Waals surface area contributed by atoms with Crippen molar-refractivity contribution in [3.63, 3.8) is 0 Å². The highest BCUT2D eigenvalue weighted by molar-refractivity contribution is 14.1. The molecule has 0 heterocycles. The molecule has 46 valence electrons. The van der Waals surface area contributed by atoms with Crippen molar-refractivity contribution in [3.8, 4) is 0 Å². The molecule has 0 rings (SSSR count). The predicted octanol–water partition coefficient (Wildman–Crippen LogP) is 3.29. The molecule has 0 aliphatic rings. The van der Waals surface area contributed by atoms with Gasteiger partial charge in [0.05, 0.1) is 0 Å². The Morgan fingerprint density at radius 3 is 1.62 bits per heavy atom. The molecule has 1 heteroatoms. The van der Waals surface area contributed by atoms with Crippen molar-refractivity contribution in [1.29, 1.82) is 0 Å². The van der Waals surface area contributed by atoms with E-state index in [-0.39, 0.29) is 0 Å². The summed E-state index contributed by atoms with van der Waals surface area (Å²) in [5.41, 5.74) is 2.47. The van der Waals surface area contributed by atoms with Crippen LogP contribution in [-0.4, -0.2) is 0 Å². The largest absolute Gasteiger partial charge is 0.0958 e. The Morgan fingerprint density at radius 1 is 1.25 bits per heavy atom. The highest BCUT2D eigenvalue weighted by Gasteiger charge is 1.90. The van der Waals surface area contributed by atoms with Crippen molar-refractivity contribution in [1.82, 2.24) is 0 Å². The van der Waals surface area contributed by atoms with Crippen molar-refractivity contribution in [2.45, 2.75) is 20.8 Å². The van der Waals surface area contributed by atoms with E-state index >= 15 is 0 Å². The van der Waals surface area contributed by atoms with Gasteiger partial charge in [0, 0.05) is 0 Å². The number of halogens is 1. The van der Waals surface area contributed by atoms with Crippen LogP contribution in [0.25, 0.3) is 0 Å². The molecule has 0 fully saturated rings. The van der Waals surface area contributed by atoms with Crippen molar-refractivity contribution >= 4 is 22.6 Å². The maximum Gasteiger partial charge on any atom is -0.00935 e. The number of hydrogen-bond donors (Lipinski definition) is 0. The van der Waals surface area contributed by atoms with Crippen molar-refractivity contribution in [2.24, 2.45) is 0 Å². The second-order valence-corrected chi connectivity index (χ2v) is 3.56. The lowest BCUT2D eigenvalue weighted by Gasteiger charge is -1.97. The van der Waals surface area contributed by atoms with Gasteiger partial charge < -0.3 is 0 Å². The van der Waals surface area contributed by atoms with Gasteiger partial charge in [-0.3, -0.25) is 0 Å². The Hall–Kier alpha value is 0.210. The fourth-order valence-electron chi connectivity index (χ4n) is 0.294. The first-order valence-electron chi connectivity index (χ1n) is 2.54. The fraction of sp³-hybridized carbons (Fsp3) is 0.429. The Bertz CT molecular complexity index is 127. The summed E-state index contributed by atoms with van der Waals surface area (Å²) in [5, 5.41) is 0. The standard InChI is InChI=1S/C7H11I/c1-5(2)6(3)7(4)8/h1H2,2-4H3/b7-6+. The molecular weight excluding hydrogens is 211 g/mol. The van der Waals surface area contributed by atoms with Gasteiger partial charge in [-0.05, 0) is 52.5 Å². The zero-order valence-electron chi connectivity index (χ0n) is 5.59. The number of rotatable bonds is 1. The SMILES string of the molecule is C=C(C)/C(C)=C(\C)I. The zero-order chi connectivity index (χ0) is 6.73. The predicted molar refractivity (Wildman–Crippen MR) is 47.2 cm³/mol. The van der Waals surface area contributed by atoms with Crippen LogP contribution in [0.5, 0.6) is 0 Å². The second-order valence-electron chi connectivity index (χ2n) is 1.94. The molecule has 0 aromatic carbocycles. The molecule has 0 aliphatic heterocycles. The molecule has 0 bridgehead atoms. The highest BCUT2D eigenvalue weighted by atomic mass is 127. The van der Waals surface area contributed by atoms with Crippen LogP contribution in [0.1, 0.15) is 20.8 Å². The first-order chi connectivity index (χ1) is 3.55. The molecule has 0 amide bonds. The molecule has 0 saturated heterocycles. The molecule has 0 atom stereocenters. The van der Waals surface area contributed by atoms with E-state index in [0.29, 0.717) is 0 Å². The van der Waals surface area contributed by atoms with E-state index in [4.69, 9.17) is 0 Å². The molecule has 0 aromatic heterocycles. The van der Waals surface area contributed by atoms with Crippen molar-refractivity contribution < 1.29 is 0 Å². The summed E-state index contributed by atoms with van der Waals surface area (Å²) in [6.45, 7) is 10.0. The third kappa shape index (κ3) is 2.50. The molecule has 0 aromatic rings. The summed E-state index contributed by atoms with van der Waals surface area (Å²) in [4.78, 5) is 0. The molecule has 0 radical (unpaired) electrons. The minimum Gasteiger partial charge on any atom is -0.0958 e. The Morgan fingerprint density at radius 2 is 1.62 bits per heavy atom. The highest BCUT2D eigenvalue weighted by Crippen LogP contribution is 2.16. The molecular formula is C7H11I. The van der Waals surface area contributed by atoms with E-state index in [9.17, 15) is 0 Å². The Kier molecular flexibility index (Phi) is 3.36. The van der Waals surface area contributed by atoms with Gasteiger partial charge in [0.25, 0.3) is 0 Å². The first-order valence-corrected chi connectivity index (χ1v) is 3.62. The fourth-order valence-corrected chi connectivity index (χ4v) is 0.754.